The summed E-state index contributed by atoms with van der Waals surface area (Å²) >= 11 is 0. The number of carbonyl (C=O) groups is 1. The van der Waals surface area contributed by atoms with Gasteiger partial charge in [-0.3, -0.25) is 9.69 Å². The Morgan fingerprint density at radius 1 is 1.61 bits per heavy atom. The summed E-state index contributed by atoms with van der Waals surface area (Å²) in [5.41, 5.74) is 0. The molecule has 1 aromatic rings. The van der Waals surface area contributed by atoms with E-state index in [2.05, 4.69) is 22.3 Å². The van der Waals surface area contributed by atoms with Crippen molar-refractivity contribution >= 4 is 11.7 Å². The van der Waals surface area contributed by atoms with Crippen molar-refractivity contribution in [3.63, 3.8) is 0 Å². The lowest BCUT2D eigenvalue weighted by Gasteiger charge is -2.20. The molecule has 5 nitrogen and oxygen atoms in total. The maximum atomic E-state index is 11.9. The van der Waals surface area contributed by atoms with E-state index in [0.29, 0.717) is 18.1 Å². The fourth-order valence-corrected chi connectivity index (χ4v) is 2.03. The van der Waals surface area contributed by atoms with Gasteiger partial charge in [0.05, 0.1) is 6.54 Å². The average molecular weight is 251 g/mol. The van der Waals surface area contributed by atoms with Crippen molar-refractivity contribution in [3.8, 4) is 0 Å². The Hall–Kier alpha value is -1.36. The fraction of sp³-hybridized carbons (Fsp3) is 0.692. The minimum atomic E-state index is -0.0163. The summed E-state index contributed by atoms with van der Waals surface area (Å²) in [7, 11) is 0. The Bertz CT molecular complexity index is 399. The summed E-state index contributed by atoms with van der Waals surface area (Å²) < 4.78 is 4.91. The molecule has 1 aliphatic carbocycles. The average Bonchev–Trinajstić information content (AvgIpc) is 3.02. The number of nitrogens with one attached hydrogen (secondary N) is 1. The number of anilines is 1. The number of amides is 1. The predicted molar refractivity (Wildman–Crippen MR) is 69.3 cm³/mol. The van der Waals surface area contributed by atoms with Crippen LogP contribution in [0.3, 0.4) is 0 Å². The molecule has 1 amide bonds. The Labute approximate surface area is 108 Å². The molecule has 1 saturated carbocycles. The Balaban J connectivity index is 1.79. The van der Waals surface area contributed by atoms with Crippen LogP contribution in [-0.4, -0.2) is 35.6 Å². The molecule has 0 aliphatic heterocycles. The van der Waals surface area contributed by atoms with Gasteiger partial charge in [0.25, 0.3) is 0 Å². The van der Waals surface area contributed by atoms with Crippen LogP contribution in [0.1, 0.15) is 31.9 Å². The highest BCUT2D eigenvalue weighted by Gasteiger charge is 2.24. The molecular formula is C13H21N3O2. The maximum Gasteiger partial charge on any atom is 0.239 e. The third kappa shape index (κ3) is 4.14. The van der Waals surface area contributed by atoms with Crippen LogP contribution in [0.2, 0.25) is 0 Å². The van der Waals surface area contributed by atoms with E-state index in [1.807, 2.05) is 0 Å². The van der Waals surface area contributed by atoms with Gasteiger partial charge in [0, 0.05) is 12.6 Å². The van der Waals surface area contributed by atoms with Crippen molar-refractivity contribution in [1.82, 2.24) is 10.1 Å². The number of nitrogens with zero attached hydrogens (tertiary/aromatic N) is 2. The normalized spacial score (nSPS) is 15.1. The van der Waals surface area contributed by atoms with Crippen molar-refractivity contribution in [2.75, 3.05) is 25.0 Å². The first-order valence-electron chi connectivity index (χ1n) is 6.63. The highest BCUT2D eigenvalue weighted by molar-refractivity contribution is 5.91. The number of aromatic nitrogens is 1. The van der Waals surface area contributed by atoms with E-state index in [4.69, 9.17) is 4.52 Å². The van der Waals surface area contributed by atoms with Gasteiger partial charge in [0.15, 0.2) is 5.82 Å². The van der Waals surface area contributed by atoms with E-state index in [0.717, 1.165) is 25.4 Å². The van der Waals surface area contributed by atoms with E-state index < -0.39 is 0 Å². The molecule has 1 fully saturated rings. The molecule has 0 bridgehead atoms. The molecule has 2 rings (SSSR count). The minimum absolute atomic E-state index is 0.0163. The Morgan fingerprint density at radius 2 is 2.39 bits per heavy atom. The van der Waals surface area contributed by atoms with Crippen LogP contribution in [0.5, 0.6) is 0 Å². The van der Waals surface area contributed by atoms with Crippen molar-refractivity contribution < 1.29 is 9.32 Å². The maximum absolute atomic E-state index is 11.9. The first kappa shape index (κ1) is 13.1. The molecule has 0 unspecified atom stereocenters. The summed E-state index contributed by atoms with van der Waals surface area (Å²) in [6, 6.07) is 1.73. The van der Waals surface area contributed by atoms with Gasteiger partial charge >= 0.3 is 0 Å². The van der Waals surface area contributed by atoms with E-state index in [1.165, 1.54) is 12.8 Å². The molecule has 5 heteroatoms. The SMILES string of the molecule is CCCN(CC(=O)Nc1cc(C)on1)CC1CC1. The second-order valence-electron chi connectivity index (χ2n) is 5.05. The van der Waals surface area contributed by atoms with Crippen molar-refractivity contribution in [1.29, 1.82) is 0 Å². The number of carbonyl (C=O) groups excluding carboxylic acids is 1. The number of hydrogen-bond donors (Lipinski definition) is 1. The minimum Gasteiger partial charge on any atom is -0.360 e. The lowest BCUT2D eigenvalue weighted by atomic mass is 10.3. The molecule has 18 heavy (non-hydrogen) atoms. The Morgan fingerprint density at radius 3 is 2.94 bits per heavy atom. The van der Waals surface area contributed by atoms with Crippen molar-refractivity contribution in [3.05, 3.63) is 11.8 Å². The van der Waals surface area contributed by atoms with Crippen molar-refractivity contribution in [2.24, 2.45) is 5.92 Å². The number of rotatable bonds is 7. The van der Waals surface area contributed by atoms with E-state index in [-0.39, 0.29) is 5.91 Å². The molecule has 1 aromatic heterocycles. The van der Waals surface area contributed by atoms with Crippen LogP contribution in [0.25, 0.3) is 0 Å². The summed E-state index contributed by atoms with van der Waals surface area (Å²) in [6.45, 7) is 6.40. The van der Waals surface area contributed by atoms with Gasteiger partial charge in [-0.1, -0.05) is 12.1 Å². The zero-order chi connectivity index (χ0) is 13.0. The number of hydrogen-bond acceptors (Lipinski definition) is 4. The van der Waals surface area contributed by atoms with Crippen LogP contribution in [0, 0.1) is 12.8 Å². The quantitative estimate of drug-likeness (QED) is 0.805. The molecule has 0 saturated heterocycles. The molecular weight excluding hydrogens is 230 g/mol. The first-order chi connectivity index (χ1) is 8.67. The lowest BCUT2D eigenvalue weighted by molar-refractivity contribution is -0.117. The molecule has 100 valence electrons. The van der Waals surface area contributed by atoms with Crippen LogP contribution >= 0.6 is 0 Å². The molecule has 1 N–H and O–H groups in total. The van der Waals surface area contributed by atoms with Crippen molar-refractivity contribution in [2.45, 2.75) is 33.1 Å². The topological polar surface area (TPSA) is 58.4 Å². The third-order valence-electron chi connectivity index (χ3n) is 3.02. The van der Waals surface area contributed by atoms with Gasteiger partial charge in [-0.15, -0.1) is 0 Å². The summed E-state index contributed by atoms with van der Waals surface area (Å²) in [5.74, 6) is 1.99. The van der Waals surface area contributed by atoms with Gasteiger partial charge in [0.1, 0.15) is 5.76 Å². The molecule has 1 aliphatic rings. The second-order valence-corrected chi connectivity index (χ2v) is 5.05. The highest BCUT2D eigenvalue weighted by atomic mass is 16.5. The standard InChI is InChI=1S/C13H21N3O2/c1-3-6-16(8-11-4-5-11)9-13(17)14-12-7-10(2)18-15-12/h7,11H,3-6,8-9H2,1-2H3,(H,14,15,17). The first-order valence-corrected chi connectivity index (χ1v) is 6.63. The second kappa shape index (κ2) is 6.00. The fourth-order valence-electron chi connectivity index (χ4n) is 2.03. The molecule has 1 heterocycles. The van der Waals surface area contributed by atoms with E-state index >= 15 is 0 Å². The smallest absolute Gasteiger partial charge is 0.239 e. The highest BCUT2D eigenvalue weighted by Crippen LogP contribution is 2.29. The molecule has 0 aromatic carbocycles. The summed E-state index contributed by atoms with van der Waals surface area (Å²) in [5, 5.41) is 6.52. The largest absolute Gasteiger partial charge is 0.360 e. The van der Waals surface area contributed by atoms with E-state index in [1.54, 1.807) is 13.0 Å². The molecule has 0 spiro atoms. The summed E-state index contributed by atoms with van der Waals surface area (Å²) in [6.07, 6.45) is 3.69. The third-order valence-corrected chi connectivity index (χ3v) is 3.02. The zero-order valence-corrected chi connectivity index (χ0v) is 11.1. The van der Waals surface area contributed by atoms with Gasteiger partial charge in [0.2, 0.25) is 5.91 Å². The van der Waals surface area contributed by atoms with Gasteiger partial charge in [-0.25, -0.2) is 0 Å². The zero-order valence-electron chi connectivity index (χ0n) is 11.1. The van der Waals surface area contributed by atoms with Crippen LogP contribution in [-0.2, 0) is 4.79 Å². The predicted octanol–water partition coefficient (Wildman–Crippen LogP) is 2.04. The Kier molecular flexibility index (Phi) is 4.36. The lowest BCUT2D eigenvalue weighted by Crippen LogP contribution is -2.35. The van der Waals surface area contributed by atoms with Gasteiger partial charge in [-0.05, 0) is 38.6 Å². The monoisotopic (exact) mass is 251 g/mol. The summed E-state index contributed by atoms with van der Waals surface area (Å²) in [4.78, 5) is 14.1. The van der Waals surface area contributed by atoms with Crippen LogP contribution < -0.4 is 5.32 Å². The van der Waals surface area contributed by atoms with Gasteiger partial charge < -0.3 is 9.84 Å². The molecule has 0 radical (unpaired) electrons. The van der Waals surface area contributed by atoms with Crippen LogP contribution in [0.4, 0.5) is 5.82 Å². The van der Waals surface area contributed by atoms with Gasteiger partial charge in [-0.2, -0.15) is 0 Å². The number of aryl methyl sites for hydroxylation is 1. The van der Waals surface area contributed by atoms with E-state index in [9.17, 15) is 4.79 Å². The molecule has 0 atom stereocenters. The van der Waals surface area contributed by atoms with Crippen LogP contribution in [0.15, 0.2) is 10.6 Å².